The van der Waals surface area contributed by atoms with Gasteiger partial charge in [-0.05, 0) is 69.3 Å². The average Bonchev–Trinajstić information content (AvgIpc) is 2.97. The van der Waals surface area contributed by atoms with Gasteiger partial charge >= 0.3 is 0 Å². The Bertz CT molecular complexity index is 613. The minimum absolute atomic E-state index is 0.0300. The lowest BCUT2D eigenvalue weighted by molar-refractivity contribution is 0.352. The summed E-state index contributed by atoms with van der Waals surface area (Å²) in [5.74, 6) is 1.04. The lowest BCUT2D eigenvalue weighted by atomic mass is 9.99. The van der Waals surface area contributed by atoms with Crippen LogP contribution >= 0.6 is 49.9 Å². The normalized spacial score (nSPS) is 15.1. The molecule has 0 fully saturated rings. The number of thiophene rings is 1. The van der Waals surface area contributed by atoms with Gasteiger partial charge in [0.25, 0.3) is 0 Å². The fourth-order valence-electron chi connectivity index (χ4n) is 2.37. The third-order valence-electron chi connectivity index (χ3n) is 3.28. The molecule has 0 spiro atoms. The molecule has 2 nitrogen and oxygen atoms in total. The van der Waals surface area contributed by atoms with Gasteiger partial charge in [-0.1, -0.05) is 15.9 Å². The van der Waals surface area contributed by atoms with Crippen molar-refractivity contribution in [1.29, 1.82) is 0 Å². The maximum absolute atomic E-state index is 6.32. The summed E-state index contributed by atoms with van der Waals surface area (Å²) in [7, 11) is 0. The smallest absolute Gasteiger partial charge is 0.125 e. The van der Waals surface area contributed by atoms with Gasteiger partial charge in [0.1, 0.15) is 5.75 Å². The highest BCUT2D eigenvalue weighted by atomic mass is 127. The first kappa shape index (κ1) is 13.9. The molecule has 1 aliphatic rings. The summed E-state index contributed by atoms with van der Waals surface area (Å²) in [4.78, 5) is 0. The molecule has 1 aromatic carbocycles. The van der Waals surface area contributed by atoms with Crippen LogP contribution in [0.4, 0.5) is 0 Å². The molecule has 2 aromatic rings. The van der Waals surface area contributed by atoms with E-state index >= 15 is 0 Å². The number of rotatable bonds is 3. The number of nitrogens with two attached hydrogens (primary N) is 1. The zero-order valence-corrected chi connectivity index (χ0v) is 14.7. The highest BCUT2D eigenvalue weighted by Gasteiger charge is 2.19. The summed E-state index contributed by atoms with van der Waals surface area (Å²) in [6.07, 6.45) is 1.81. The zero-order chi connectivity index (χ0) is 13.4. The van der Waals surface area contributed by atoms with Crippen LogP contribution in [-0.4, -0.2) is 6.61 Å². The van der Waals surface area contributed by atoms with Crippen molar-refractivity contribution in [3.63, 3.8) is 0 Å². The van der Waals surface area contributed by atoms with Gasteiger partial charge in [0, 0.05) is 16.9 Å². The molecule has 2 N–H and O–H groups in total. The van der Waals surface area contributed by atoms with Crippen LogP contribution in [0.25, 0.3) is 0 Å². The average molecular weight is 450 g/mol. The molecule has 100 valence electrons. The summed E-state index contributed by atoms with van der Waals surface area (Å²) in [6.45, 7) is 0.782. The highest BCUT2D eigenvalue weighted by Crippen LogP contribution is 2.35. The Kier molecular flexibility index (Phi) is 4.17. The molecular formula is C14H13BrINOS. The van der Waals surface area contributed by atoms with E-state index in [1.165, 1.54) is 19.6 Å². The first-order chi connectivity index (χ1) is 9.13. The van der Waals surface area contributed by atoms with Crippen LogP contribution in [0.3, 0.4) is 0 Å². The molecule has 0 radical (unpaired) electrons. The van der Waals surface area contributed by atoms with Crippen LogP contribution in [-0.2, 0) is 12.8 Å². The molecule has 2 heterocycles. The molecule has 1 atom stereocenters. The molecule has 0 bridgehead atoms. The van der Waals surface area contributed by atoms with Gasteiger partial charge in [-0.15, -0.1) is 11.3 Å². The first-order valence-electron chi connectivity index (χ1n) is 6.07. The molecule has 0 aliphatic carbocycles. The maximum Gasteiger partial charge on any atom is 0.125 e. The number of halogens is 2. The van der Waals surface area contributed by atoms with E-state index in [0.717, 1.165) is 29.7 Å². The minimum Gasteiger partial charge on any atom is -0.493 e. The maximum atomic E-state index is 6.32. The van der Waals surface area contributed by atoms with E-state index < -0.39 is 0 Å². The van der Waals surface area contributed by atoms with Crippen molar-refractivity contribution in [2.45, 2.75) is 18.9 Å². The standard InChI is InChI=1S/C14H13BrINOS/c15-11-3-8-1-2-18-14(8)9(4-11)5-12(17)10-6-13(16)19-7-10/h3-4,6-7,12H,1-2,5,17H2. The predicted molar refractivity (Wildman–Crippen MR) is 91.0 cm³/mol. The van der Waals surface area contributed by atoms with Crippen LogP contribution in [0.15, 0.2) is 28.1 Å². The van der Waals surface area contributed by atoms with Gasteiger partial charge in [0.15, 0.2) is 0 Å². The van der Waals surface area contributed by atoms with Gasteiger partial charge in [-0.3, -0.25) is 0 Å². The molecule has 1 aromatic heterocycles. The SMILES string of the molecule is NC(Cc1cc(Br)cc2c1OCC2)c1csc(I)c1. The summed E-state index contributed by atoms with van der Waals surface area (Å²) in [5, 5.41) is 2.14. The first-order valence-corrected chi connectivity index (χ1v) is 8.82. The number of hydrogen-bond donors (Lipinski definition) is 1. The van der Waals surface area contributed by atoms with Gasteiger partial charge in [0.05, 0.1) is 9.49 Å². The van der Waals surface area contributed by atoms with Gasteiger partial charge in [-0.2, -0.15) is 0 Å². The van der Waals surface area contributed by atoms with E-state index in [2.05, 4.69) is 62.1 Å². The van der Waals surface area contributed by atoms with E-state index in [9.17, 15) is 0 Å². The summed E-state index contributed by atoms with van der Waals surface area (Å²) < 4.78 is 8.14. The largest absolute Gasteiger partial charge is 0.493 e. The van der Waals surface area contributed by atoms with Crippen LogP contribution in [0, 0.1) is 2.88 Å². The third-order valence-corrected chi connectivity index (χ3v) is 5.55. The Morgan fingerprint density at radius 3 is 3.00 bits per heavy atom. The van der Waals surface area contributed by atoms with Crippen molar-refractivity contribution in [1.82, 2.24) is 0 Å². The van der Waals surface area contributed by atoms with Crippen molar-refractivity contribution in [2.75, 3.05) is 6.61 Å². The second-order valence-corrected chi connectivity index (χ2v) is 8.37. The minimum atomic E-state index is 0.0300. The van der Waals surface area contributed by atoms with Crippen molar-refractivity contribution in [3.05, 3.63) is 47.6 Å². The molecule has 5 heteroatoms. The Balaban J connectivity index is 1.87. The second kappa shape index (κ2) is 5.71. The molecule has 3 rings (SSSR count). The van der Waals surface area contributed by atoms with Crippen LogP contribution in [0.2, 0.25) is 0 Å². The topological polar surface area (TPSA) is 35.2 Å². The molecule has 19 heavy (non-hydrogen) atoms. The van der Waals surface area contributed by atoms with Crippen LogP contribution in [0.1, 0.15) is 22.7 Å². The fourth-order valence-corrected chi connectivity index (χ4v) is 4.36. The third kappa shape index (κ3) is 2.99. The van der Waals surface area contributed by atoms with E-state index in [1.807, 2.05) is 0 Å². The quantitative estimate of drug-likeness (QED) is 0.709. The van der Waals surface area contributed by atoms with Crippen LogP contribution < -0.4 is 10.5 Å². The molecule has 0 amide bonds. The van der Waals surface area contributed by atoms with Crippen molar-refractivity contribution in [2.24, 2.45) is 5.73 Å². The second-order valence-electron chi connectivity index (χ2n) is 4.65. The molecule has 0 saturated carbocycles. The summed E-state index contributed by atoms with van der Waals surface area (Å²) >= 11 is 7.64. The predicted octanol–water partition coefficient (Wildman–Crippen LogP) is 4.29. The van der Waals surface area contributed by atoms with Crippen LogP contribution in [0.5, 0.6) is 5.75 Å². The van der Waals surface area contributed by atoms with E-state index in [4.69, 9.17) is 10.5 Å². The zero-order valence-electron chi connectivity index (χ0n) is 10.2. The molecule has 1 aliphatic heterocycles. The van der Waals surface area contributed by atoms with Crippen molar-refractivity contribution >= 4 is 49.9 Å². The number of hydrogen-bond acceptors (Lipinski definition) is 3. The lowest BCUT2D eigenvalue weighted by Crippen LogP contribution is -2.13. The Morgan fingerprint density at radius 1 is 1.42 bits per heavy atom. The van der Waals surface area contributed by atoms with E-state index in [-0.39, 0.29) is 6.04 Å². The van der Waals surface area contributed by atoms with Gasteiger partial charge in [0.2, 0.25) is 0 Å². The van der Waals surface area contributed by atoms with Crippen molar-refractivity contribution in [3.8, 4) is 5.75 Å². The van der Waals surface area contributed by atoms with Gasteiger partial charge in [-0.25, -0.2) is 0 Å². The number of fused-ring (bicyclic) bond motifs is 1. The van der Waals surface area contributed by atoms with Crippen molar-refractivity contribution < 1.29 is 4.74 Å². The molecular weight excluding hydrogens is 437 g/mol. The number of ether oxygens (including phenoxy) is 1. The molecule has 0 saturated heterocycles. The molecule has 1 unspecified atom stereocenters. The van der Waals surface area contributed by atoms with E-state index in [1.54, 1.807) is 11.3 Å². The fraction of sp³-hybridized carbons (Fsp3) is 0.286. The highest BCUT2D eigenvalue weighted by molar-refractivity contribution is 14.1. The lowest BCUT2D eigenvalue weighted by Gasteiger charge is -2.13. The Morgan fingerprint density at radius 2 is 2.26 bits per heavy atom. The monoisotopic (exact) mass is 449 g/mol. The summed E-state index contributed by atoms with van der Waals surface area (Å²) in [5.41, 5.74) is 10.0. The van der Waals surface area contributed by atoms with E-state index in [0.29, 0.717) is 0 Å². The summed E-state index contributed by atoms with van der Waals surface area (Å²) in [6, 6.07) is 6.46. The Hall–Kier alpha value is -0.110. The number of benzene rings is 1. The Labute approximate surface area is 138 Å². The van der Waals surface area contributed by atoms with Gasteiger partial charge < -0.3 is 10.5 Å².